The van der Waals surface area contributed by atoms with Gasteiger partial charge in [-0.25, -0.2) is 8.60 Å². The first-order valence-electron chi connectivity index (χ1n) is 8.14. The van der Waals surface area contributed by atoms with Crippen molar-refractivity contribution < 1.29 is 30.9 Å². The Hall–Kier alpha value is -3.52. The molecule has 1 heterocycles. The standard InChI is InChI=1S/C19H11F4N3O3S/c1-11-15(2-5-18-26-25-10-28-18)17(30(27)19(21,22)23)4-3-16(11)29-14-7-12(9-24)6-13(20)8-14/h2-8,10H,1H3/b5-2+. The lowest BCUT2D eigenvalue weighted by Gasteiger charge is -2.15. The van der Waals surface area contributed by atoms with E-state index < -0.39 is 27.0 Å². The average Bonchev–Trinajstić information content (AvgIpc) is 3.20. The number of benzene rings is 2. The van der Waals surface area contributed by atoms with E-state index in [4.69, 9.17) is 14.4 Å². The fourth-order valence-corrected chi connectivity index (χ4v) is 3.37. The third kappa shape index (κ3) is 4.72. The lowest BCUT2D eigenvalue weighted by Crippen LogP contribution is -2.17. The molecule has 0 saturated heterocycles. The van der Waals surface area contributed by atoms with Crippen molar-refractivity contribution in [2.75, 3.05) is 0 Å². The zero-order chi connectivity index (χ0) is 21.9. The van der Waals surface area contributed by atoms with E-state index in [0.717, 1.165) is 24.6 Å². The van der Waals surface area contributed by atoms with Gasteiger partial charge in [0, 0.05) is 17.7 Å². The molecule has 0 radical (unpaired) electrons. The highest BCUT2D eigenvalue weighted by atomic mass is 32.2. The number of hydrogen-bond acceptors (Lipinski definition) is 6. The lowest BCUT2D eigenvalue weighted by molar-refractivity contribution is -0.0384. The summed E-state index contributed by atoms with van der Waals surface area (Å²) in [4.78, 5) is -0.500. The quantitative estimate of drug-likeness (QED) is 0.523. The van der Waals surface area contributed by atoms with Crippen molar-refractivity contribution in [1.82, 2.24) is 10.2 Å². The Bertz CT molecular complexity index is 1170. The van der Waals surface area contributed by atoms with Crippen LogP contribution in [0.5, 0.6) is 11.5 Å². The Morgan fingerprint density at radius 3 is 2.63 bits per heavy atom. The smallest absolute Gasteiger partial charge is 0.457 e. The van der Waals surface area contributed by atoms with Crippen molar-refractivity contribution in [3.8, 4) is 17.6 Å². The van der Waals surface area contributed by atoms with Gasteiger partial charge in [-0.2, -0.15) is 18.4 Å². The number of aromatic nitrogens is 2. The summed E-state index contributed by atoms with van der Waals surface area (Å²) in [6.07, 6.45) is 3.53. The van der Waals surface area contributed by atoms with Gasteiger partial charge in [-0.1, -0.05) is 0 Å². The van der Waals surface area contributed by atoms with Crippen molar-refractivity contribution in [2.24, 2.45) is 0 Å². The van der Waals surface area contributed by atoms with E-state index in [1.165, 1.54) is 31.2 Å². The fraction of sp³-hybridized carbons (Fsp3) is 0.105. The summed E-state index contributed by atoms with van der Waals surface area (Å²) in [6.45, 7) is 1.45. The minimum absolute atomic E-state index is 0.00830. The molecule has 0 N–H and O–H groups in total. The molecule has 0 fully saturated rings. The molecule has 3 aromatic rings. The lowest BCUT2D eigenvalue weighted by atomic mass is 10.1. The van der Waals surface area contributed by atoms with Crippen molar-refractivity contribution in [1.29, 1.82) is 5.26 Å². The highest BCUT2D eigenvalue weighted by Gasteiger charge is 2.39. The molecule has 1 unspecified atom stereocenters. The van der Waals surface area contributed by atoms with Gasteiger partial charge in [0.2, 0.25) is 12.3 Å². The first-order chi connectivity index (χ1) is 14.2. The largest absolute Gasteiger partial charge is 0.475 e. The van der Waals surface area contributed by atoms with Crippen LogP contribution < -0.4 is 4.74 Å². The minimum Gasteiger partial charge on any atom is -0.457 e. The van der Waals surface area contributed by atoms with Gasteiger partial charge in [0.15, 0.2) is 10.8 Å². The molecule has 1 aromatic heterocycles. The zero-order valence-corrected chi connectivity index (χ0v) is 15.9. The normalized spacial score (nSPS) is 12.7. The summed E-state index contributed by atoms with van der Waals surface area (Å²) in [5.74, 6) is -0.634. The second-order valence-corrected chi connectivity index (χ2v) is 7.25. The molecule has 30 heavy (non-hydrogen) atoms. The highest BCUT2D eigenvalue weighted by molar-refractivity contribution is 7.86. The monoisotopic (exact) mass is 437 g/mol. The highest BCUT2D eigenvalue weighted by Crippen LogP contribution is 2.36. The van der Waals surface area contributed by atoms with Crippen LogP contribution >= 0.6 is 0 Å². The zero-order valence-electron chi connectivity index (χ0n) is 15.1. The van der Waals surface area contributed by atoms with Crippen LogP contribution in [0.15, 0.2) is 46.0 Å². The van der Waals surface area contributed by atoms with Gasteiger partial charge < -0.3 is 9.15 Å². The van der Waals surface area contributed by atoms with Gasteiger partial charge in [-0.3, -0.25) is 0 Å². The summed E-state index contributed by atoms with van der Waals surface area (Å²) in [6, 6.07) is 7.28. The third-order valence-corrected chi connectivity index (χ3v) is 5.01. The summed E-state index contributed by atoms with van der Waals surface area (Å²) >= 11 is 0. The number of hydrogen-bond donors (Lipinski definition) is 0. The summed E-state index contributed by atoms with van der Waals surface area (Å²) in [7, 11) is -3.31. The van der Waals surface area contributed by atoms with Gasteiger partial charge in [0.25, 0.3) is 0 Å². The number of nitrogens with zero attached hydrogens (tertiary/aromatic N) is 3. The van der Waals surface area contributed by atoms with Crippen molar-refractivity contribution in [2.45, 2.75) is 17.3 Å². The minimum atomic E-state index is -4.98. The molecule has 0 saturated carbocycles. The van der Waals surface area contributed by atoms with E-state index in [1.54, 1.807) is 6.07 Å². The molecule has 2 aromatic carbocycles. The molecule has 1 atom stereocenters. The number of halogens is 4. The maximum absolute atomic E-state index is 13.6. The first kappa shape index (κ1) is 21.2. The van der Waals surface area contributed by atoms with Crippen molar-refractivity contribution >= 4 is 23.0 Å². The van der Waals surface area contributed by atoms with Gasteiger partial charge >= 0.3 is 5.51 Å². The van der Waals surface area contributed by atoms with E-state index in [2.05, 4.69) is 10.2 Å². The van der Waals surface area contributed by atoms with Crippen LogP contribution in [0.1, 0.15) is 22.6 Å². The average molecular weight is 437 g/mol. The molecule has 0 aliphatic carbocycles. The molecule has 11 heteroatoms. The number of rotatable bonds is 5. The molecule has 0 aliphatic heterocycles. The molecule has 0 amide bonds. The maximum Gasteiger partial charge on any atom is 0.475 e. The predicted octanol–water partition coefficient (Wildman–Crippen LogP) is 4.98. The predicted molar refractivity (Wildman–Crippen MR) is 98.1 cm³/mol. The summed E-state index contributed by atoms with van der Waals surface area (Å²) < 4.78 is 75.3. The van der Waals surface area contributed by atoms with E-state index in [9.17, 15) is 21.8 Å². The SMILES string of the molecule is Cc1c(Oc2cc(F)cc(C#N)c2)ccc(S(=O)C(F)(F)F)c1/C=C/c1nnco1. The Kier molecular flexibility index (Phi) is 5.98. The van der Waals surface area contributed by atoms with Crippen LogP contribution in [0.2, 0.25) is 0 Å². The van der Waals surface area contributed by atoms with E-state index in [0.29, 0.717) is 0 Å². The summed E-state index contributed by atoms with van der Waals surface area (Å²) in [5, 5.41) is 16.0. The van der Waals surface area contributed by atoms with Crippen molar-refractivity contribution in [3.05, 3.63) is 65.1 Å². The Morgan fingerprint density at radius 1 is 1.23 bits per heavy atom. The molecule has 0 bridgehead atoms. The van der Waals surface area contributed by atoms with Gasteiger partial charge in [0.05, 0.1) is 16.5 Å². The molecule has 6 nitrogen and oxygen atoms in total. The molecular weight excluding hydrogens is 426 g/mol. The molecule has 3 rings (SSSR count). The molecule has 0 spiro atoms. The van der Waals surface area contributed by atoms with Crippen LogP contribution in [0, 0.1) is 24.1 Å². The first-order valence-corrected chi connectivity index (χ1v) is 9.29. The van der Waals surface area contributed by atoms with E-state index in [-0.39, 0.29) is 34.1 Å². The number of nitriles is 1. The van der Waals surface area contributed by atoms with Gasteiger partial charge in [-0.05, 0) is 42.8 Å². The van der Waals surface area contributed by atoms with Gasteiger partial charge in [-0.15, -0.1) is 10.2 Å². The van der Waals surface area contributed by atoms with Crippen LogP contribution in [0.3, 0.4) is 0 Å². The summed E-state index contributed by atoms with van der Waals surface area (Å²) in [5.41, 5.74) is -4.82. The van der Waals surface area contributed by atoms with E-state index in [1.807, 2.05) is 0 Å². The van der Waals surface area contributed by atoms with Crippen LogP contribution in [0.25, 0.3) is 12.2 Å². The number of ether oxygens (including phenoxy) is 1. The Labute approximate surface area is 169 Å². The maximum atomic E-state index is 13.6. The molecule has 154 valence electrons. The Balaban J connectivity index is 2.08. The topological polar surface area (TPSA) is 89.0 Å². The number of alkyl halides is 3. The van der Waals surface area contributed by atoms with E-state index >= 15 is 0 Å². The van der Waals surface area contributed by atoms with Crippen LogP contribution in [-0.4, -0.2) is 19.9 Å². The Morgan fingerprint density at radius 2 is 2.00 bits per heavy atom. The molecular formula is C19H11F4N3O3S. The fourth-order valence-electron chi connectivity index (χ4n) is 2.51. The third-order valence-electron chi connectivity index (χ3n) is 3.83. The van der Waals surface area contributed by atoms with Crippen molar-refractivity contribution in [3.63, 3.8) is 0 Å². The van der Waals surface area contributed by atoms with Crippen LogP contribution in [0.4, 0.5) is 17.6 Å². The van der Waals surface area contributed by atoms with Gasteiger partial charge in [0.1, 0.15) is 17.3 Å². The van der Waals surface area contributed by atoms with Crippen LogP contribution in [-0.2, 0) is 10.8 Å². The second-order valence-electron chi connectivity index (χ2n) is 5.81. The molecule has 0 aliphatic rings. The second kappa shape index (κ2) is 8.46.